The Hall–Kier alpha value is -2.87. The van der Waals surface area contributed by atoms with Gasteiger partial charge < -0.3 is 4.74 Å². The number of benzene rings is 3. The van der Waals surface area contributed by atoms with Gasteiger partial charge >= 0.3 is 0 Å². The summed E-state index contributed by atoms with van der Waals surface area (Å²) in [5.74, 6) is 0.467. The van der Waals surface area contributed by atoms with Crippen molar-refractivity contribution in [3.8, 4) is 22.6 Å². The second kappa shape index (κ2) is 6.93. The van der Waals surface area contributed by atoms with E-state index >= 15 is 0 Å². The van der Waals surface area contributed by atoms with Crippen molar-refractivity contribution in [3.05, 3.63) is 96.8 Å². The van der Waals surface area contributed by atoms with Crippen LogP contribution in [0.3, 0.4) is 0 Å². The number of para-hydroxylation sites is 1. The van der Waals surface area contributed by atoms with Gasteiger partial charge in [-0.1, -0.05) is 54.6 Å². The predicted octanol–water partition coefficient (Wildman–Crippen LogP) is 6.01. The molecule has 0 N–H and O–H groups in total. The molecule has 0 amide bonds. The van der Waals surface area contributed by atoms with Crippen molar-refractivity contribution in [1.29, 1.82) is 0 Å². The summed E-state index contributed by atoms with van der Waals surface area (Å²) in [4.78, 5) is 0. The summed E-state index contributed by atoms with van der Waals surface area (Å²) < 4.78 is 19.6. The summed E-state index contributed by atoms with van der Waals surface area (Å²) in [6.07, 6.45) is 2.71. The molecule has 114 valence electrons. The second-order valence-corrected chi connectivity index (χ2v) is 5.25. The molecule has 0 aliphatic rings. The third kappa shape index (κ3) is 3.67. The monoisotopic (exact) mass is 304 g/mol. The first-order valence-corrected chi connectivity index (χ1v) is 7.49. The fourth-order valence-corrected chi connectivity index (χ4v) is 2.38. The highest BCUT2D eigenvalue weighted by molar-refractivity contribution is 5.65. The maximum Gasteiger partial charge on any atom is 0.165 e. The Morgan fingerprint density at radius 2 is 1.57 bits per heavy atom. The molecule has 0 fully saturated rings. The lowest BCUT2D eigenvalue weighted by Crippen LogP contribution is -1.89. The van der Waals surface area contributed by atoms with Gasteiger partial charge in [-0.3, -0.25) is 0 Å². The number of halogens is 1. The lowest BCUT2D eigenvalue weighted by molar-refractivity contribution is 0.442. The third-order valence-corrected chi connectivity index (χ3v) is 3.57. The molecule has 0 radical (unpaired) electrons. The molecule has 0 aliphatic carbocycles. The average Bonchev–Trinajstić information content (AvgIpc) is 2.59. The highest BCUT2D eigenvalue weighted by atomic mass is 19.1. The van der Waals surface area contributed by atoms with Gasteiger partial charge in [0.2, 0.25) is 0 Å². The Labute approximate surface area is 135 Å². The van der Waals surface area contributed by atoms with E-state index in [0.29, 0.717) is 5.75 Å². The molecule has 0 aromatic heterocycles. The summed E-state index contributed by atoms with van der Waals surface area (Å²) in [6, 6.07) is 22.3. The zero-order chi connectivity index (χ0) is 16.1. The van der Waals surface area contributed by atoms with E-state index in [9.17, 15) is 4.39 Å². The van der Waals surface area contributed by atoms with Crippen LogP contribution in [0.15, 0.2) is 85.5 Å². The minimum atomic E-state index is -0.374. The van der Waals surface area contributed by atoms with Crippen LogP contribution in [-0.4, -0.2) is 0 Å². The molecule has 0 heterocycles. The van der Waals surface area contributed by atoms with E-state index in [0.717, 1.165) is 17.5 Å². The fraction of sp³-hybridized carbons (Fsp3) is 0.0476. The molecule has 2 heteroatoms. The standard InChI is InChI=1S/C21H17FO/c1-2-6-16-9-11-17(12-10-16)18-13-14-20(22)21(15-18)23-19-7-4-3-5-8-19/h2-5,7-15H,1,6H2. The Bertz CT molecular complexity index is 792. The summed E-state index contributed by atoms with van der Waals surface area (Å²) in [6.45, 7) is 3.74. The van der Waals surface area contributed by atoms with Crippen molar-refractivity contribution >= 4 is 0 Å². The minimum Gasteiger partial charge on any atom is -0.454 e. The molecule has 1 nitrogen and oxygen atoms in total. The Kier molecular flexibility index (Phi) is 4.53. The van der Waals surface area contributed by atoms with Crippen LogP contribution in [0.1, 0.15) is 5.56 Å². The molecule has 0 bridgehead atoms. The maximum absolute atomic E-state index is 14.0. The molecule has 3 rings (SSSR count). The molecular weight excluding hydrogens is 287 g/mol. The van der Waals surface area contributed by atoms with Gasteiger partial charge in [0, 0.05) is 0 Å². The first kappa shape index (κ1) is 15.0. The van der Waals surface area contributed by atoms with Crippen molar-refractivity contribution in [2.75, 3.05) is 0 Å². The van der Waals surface area contributed by atoms with Crippen LogP contribution in [0.5, 0.6) is 11.5 Å². The van der Waals surface area contributed by atoms with Crippen LogP contribution in [0, 0.1) is 5.82 Å². The van der Waals surface area contributed by atoms with Crippen molar-refractivity contribution < 1.29 is 9.13 Å². The van der Waals surface area contributed by atoms with E-state index in [4.69, 9.17) is 4.74 Å². The summed E-state index contributed by atoms with van der Waals surface area (Å²) in [5, 5.41) is 0. The molecule has 23 heavy (non-hydrogen) atoms. The lowest BCUT2D eigenvalue weighted by atomic mass is 10.0. The summed E-state index contributed by atoms with van der Waals surface area (Å²) >= 11 is 0. The van der Waals surface area contributed by atoms with E-state index in [1.165, 1.54) is 11.6 Å². The average molecular weight is 304 g/mol. The van der Waals surface area contributed by atoms with Crippen LogP contribution in [0.25, 0.3) is 11.1 Å². The number of rotatable bonds is 5. The summed E-state index contributed by atoms with van der Waals surface area (Å²) in [5.41, 5.74) is 3.14. The van der Waals surface area contributed by atoms with Gasteiger partial charge in [0.05, 0.1) is 0 Å². The van der Waals surface area contributed by atoms with Crippen LogP contribution in [-0.2, 0) is 6.42 Å². The smallest absolute Gasteiger partial charge is 0.165 e. The van der Waals surface area contributed by atoms with Gasteiger partial charge in [-0.25, -0.2) is 4.39 Å². The Morgan fingerprint density at radius 3 is 2.26 bits per heavy atom. The molecule has 3 aromatic carbocycles. The highest BCUT2D eigenvalue weighted by Crippen LogP contribution is 2.30. The van der Waals surface area contributed by atoms with Crippen molar-refractivity contribution in [2.45, 2.75) is 6.42 Å². The first-order chi connectivity index (χ1) is 11.3. The maximum atomic E-state index is 14.0. The van der Waals surface area contributed by atoms with Gasteiger partial charge in [-0.05, 0) is 47.4 Å². The van der Waals surface area contributed by atoms with E-state index in [-0.39, 0.29) is 11.6 Å². The second-order valence-electron chi connectivity index (χ2n) is 5.25. The predicted molar refractivity (Wildman–Crippen MR) is 92.3 cm³/mol. The normalized spacial score (nSPS) is 10.3. The van der Waals surface area contributed by atoms with Crippen LogP contribution < -0.4 is 4.74 Å². The molecule has 0 spiro atoms. The zero-order valence-electron chi connectivity index (χ0n) is 12.7. The number of allylic oxidation sites excluding steroid dienone is 1. The SMILES string of the molecule is C=CCc1ccc(-c2ccc(F)c(Oc3ccccc3)c2)cc1. The molecule has 0 saturated carbocycles. The topological polar surface area (TPSA) is 9.23 Å². The molecule has 0 atom stereocenters. The Balaban J connectivity index is 1.89. The first-order valence-electron chi connectivity index (χ1n) is 7.49. The molecular formula is C21H17FO. The lowest BCUT2D eigenvalue weighted by Gasteiger charge is -2.09. The van der Waals surface area contributed by atoms with Gasteiger partial charge in [-0.15, -0.1) is 6.58 Å². The van der Waals surface area contributed by atoms with Crippen LogP contribution in [0.4, 0.5) is 4.39 Å². The van der Waals surface area contributed by atoms with Crippen molar-refractivity contribution in [1.82, 2.24) is 0 Å². The van der Waals surface area contributed by atoms with E-state index in [2.05, 4.69) is 18.7 Å². The van der Waals surface area contributed by atoms with E-state index in [1.807, 2.05) is 36.4 Å². The van der Waals surface area contributed by atoms with Crippen molar-refractivity contribution in [2.24, 2.45) is 0 Å². The van der Waals surface area contributed by atoms with Gasteiger partial charge in [0.15, 0.2) is 11.6 Å². The number of hydrogen-bond donors (Lipinski definition) is 0. The highest BCUT2D eigenvalue weighted by Gasteiger charge is 2.07. The quantitative estimate of drug-likeness (QED) is 0.524. The van der Waals surface area contributed by atoms with Crippen LogP contribution in [0.2, 0.25) is 0 Å². The fourth-order valence-electron chi connectivity index (χ4n) is 2.38. The van der Waals surface area contributed by atoms with Gasteiger partial charge in [-0.2, -0.15) is 0 Å². The number of hydrogen-bond acceptors (Lipinski definition) is 1. The molecule has 0 saturated heterocycles. The summed E-state index contributed by atoms with van der Waals surface area (Å²) in [7, 11) is 0. The largest absolute Gasteiger partial charge is 0.454 e. The third-order valence-electron chi connectivity index (χ3n) is 3.57. The number of ether oxygens (including phenoxy) is 1. The van der Waals surface area contributed by atoms with Gasteiger partial charge in [0.1, 0.15) is 5.75 Å². The van der Waals surface area contributed by atoms with E-state index in [1.54, 1.807) is 24.3 Å². The molecule has 0 unspecified atom stereocenters. The zero-order valence-corrected chi connectivity index (χ0v) is 12.7. The van der Waals surface area contributed by atoms with Gasteiger partial charge in [0.25, 0.3) is 0 Å². The van der Waals surface area contributed by atoms with E-state index < -0.39 is 0 Å². The molecule has 0 aliphatic heterocycles. The van der Waals surface area contributed by atoms with Crippen molar-refractivity contribution in [3.63, 3.8) is 0 Å². The van der Waals surface area contributed by atoms with Crippen LogP contribution >= 0.6 is 0 Å². The Morgan fingerprint density at radius 1 is 0.870 bits per heavy atom. The molecule has 3 aromatic rings. The minimum absolute atomic E-state index is 0.226.